The number of hydrogen-bond donors (Lipinski definition) is 0. The van der Waals surface area contributed by atoms with E-state index < -0.39 is 16.8 Å². The topological polar surface area (TPSA) is 105 Å². The number of rotatable bonds is 16. The van der Waals surface area contributed by atoms with Gasteiger partial charge in [-0.3, -0.25) is 14.4 Å². The lowest BCUT2D eigenvalue weighted by Crippen LogP contribution is -2.24. The molecule has 0 N–H and O–H groups in total. The maximum atomic E-state index is 11.7. The minimum Gasteiger partial charge on any atom is -0.462 e. The summed E-state index contributed by atoms with van der Waals surface area (Å²) in [5.74, 6) is -1.34. The standard InChI is InChI=1S/C26H44O8/c1-25(2,3)23(29)33-19-17-31-21(27)15-13-11-9-7-8-10-12-14-16-22(28)32-18-20-34-24(30)26(4,5)6/h13,15H,7-12,14,16-20H2,1-6H3. The van der Waals surface area contributed by atoms with E-state index in [9.17, 15) is 19.2 Å². The Morgan fingerprint density at radius 1 is 0.588 bits per heavy atom. The highest BCUT2D eigenvalue weighted by Gasteiger charge is 2.23. The largest absolute Gasteiger partial charge is 0.462 e. The summed E-state index contributed by atoms with van der Waals surface area (Å²) in [7, 11) is 0. The third-order valence-corrected chi connectivity index (χ3v) is 4.62. The molecule has 0 heterocycles. The highest BCUT2D eigenvalue weighted by atomic mass is 16.6. The number of ether oxygens (including phenoxy) is 4. The van der Waals surface area contributed by atoms with Crippen LogP contribution < -0.4 is 0 Å². The van der Waals surface area contributed by atoms with E-state index in [4.69, 9.17) is 18.9 Å². The molecule has 0 saturated carbocycles. The van der Waals surface area contributed by atoms with E-state index in [0.29, 0.717) is 6.42 Å². The number of carbonyl (C=O) groups is 4. The van der Waals surface area contributed by atoms with Crippen LogP contribution in [0.5, 0.6) is 0 Å². The number of unbranched alkanes of at least 4 members (excludes halogenated alkanes) is 6. The molecule has 8 heteroatoms. The molecular weight excluding hydrogens is 440 g/mol. The van der Waals surface area contributed by atoms with Crippen molar-refractivity contribution < 1.29 is 38.1 Å². The van der Waals surface area contributed by atoms with Gasteiger partial charge in [-0.25, -0.2) is 4.79 Å². The van der Waals surface area contributed by atoms with Crippen LogP contribution in [-0.4, -0.2) is 50.3 Å². The van der Waals surface area contributed by atoms with E-state index >= 15 is 0 Å². The maximum Gasteiger partial charge on any atom is 0.330 e. The first-order valence-corrected chi connectivity index (χ1v) is 12.2. The highest BCUT2D eigenvalue weighted by molar-refractivity contribution is 5.81. The lowest BCUT2D eigenvalue weighted by molar-refractivity contribution is -0.158. The van der Waals surface area contributed by atoms with Crippen LogP contribution in [0.1, 0.15) is 92.9 Å². The summed E-state index contributed by atoms with van der Waals surface area (Å²) in [5, 5.41) is 0. The Bertz CT molecular complexity index is 653. The second-order valence-electron chi connectivity index (χ2n) is 10.2. The number of hydrogen-bond acceptors (Lipinski definition) is 8. The number of carbonyl (C=O) groups excluding carboxylic acids is 4. The normalized spacial score (nSPS) is 11.8. The molecule has 0 atom stereocenters. The van der Waals surface area contributed by atoms with Gasteiger partial charge in [-0.2, -0.15) is 0 Å². The summed E-state index contributed by atoms with van der Waals surface area (Å²) in [5.41, 5.74) is -1.13. The van der Waals surface area contributed by atoms with Gasteiger partial charge in [0.05, 0.1) is 10.8 Å². The summed E-state index contributed by atoms with van der Waals surface area (Å²) in [6.07, 6.45) is 10.2. The van der Waals surface area contributed by atoms with Crippen LogP contribution >= 0.6 is 0 Å². The maximum absolute atomic E-state index is 11.7. The third-order valence-electron chi connectivity index (χ3n) is 4.62. The lowest BCUT2D eigenvalue weighted by atomic mass is 9.97. The molecule has 0 rings (SSSR count). The van der Waals surface area contributed by atoms with Crippen LogP contribution in [0, 0.1) is 10.8 Å². The van der Waals surface area contributed by atoms with Crippen molar-refractivity contribution in [3.8, 4) is 0 Å². The molecule has 0 aromatic heterocycles. The van der Waals surface area contributed by atoms with Gasteiger partial charge in [0.15, 0.2) is 0 Å². The Labute approximate surface area is 204 Å². The van der Waals surface area contributed by atoms with Gasteiger partial charge in [-0.15, -0.1) is 0 Å². The summed E-state index contributed by atoms with van der Waals surface area (Å²) >= 11 is 0. The van der Waals surface area contributed by atoms with Crippen molar-refractivity contribution >= 4 is 23.9 Å². The van der Waals surface area contributed by atoms with Crippen LogP contribution in [0.15, 0.2) is 12.2 Å². The van der Waals surface area contributed by atoms with Crippen LogP contribution in [-0.2, 0) is 38.1 Å². The molecule has 0 saturated heterocycles. The average Bonchev–Trinajstić information content (AvgIpc) is 2.73. The van der Waals surface area contributed by atoms with Gasteiger partial charge >= 0.3 is 23.9 Å². The molecule has 196 valence electrons. The quantitative estimate of drug-likeness (QED) is 0.131. The van der Waals surface area contributed by atoms with E-state index in [1.165, 1.54) is 6.08 Å². The van der Waals surface area contributed by atoms with Gasteiger partial charge in [-0.05, 0) is 60.8 Å². The van der Waals surface area contributed by atoms with Crippen LogP contribution in [0.3, 0.4) is 0 Å². The second-order valence-corrected chi connectivity index (χ2v) is 10.2. The molecule has 0 fully saturated rings. The van der Waals surface area contributed by atoms with Gasteiger partial charge in [-0.1, -0.05) is 31.8 Å². The summed E-state index contributed by atoms with van der Waals surface area (Å²) in [4.78, 5) is 46.4. The third kappa shape index (κ3) is 18.1. The van der Waals surface area contributed by atoms with E-state index in [-0.39, 0.29) is 44.3 Å². The first kappa shape index (κ1) is 31.6. The van der Waals surface area contributed by atoms with E-state index in [1.807, 2.05) is 0 Å². The molecule has 0 aliphatic carbocycles. The monoisotopic (exact) mass is 484 g/mol. The molecular formula is C26H44O8. The van der Waals surface area contributed by atoms with Gasteiger partial charge in [0, 0.05) is 12.5 Å². The van der Waals surface area contributed by atoms with Crippen molar-refractivity contribution in [1.29, 1.82) is 0 Å². The van der Waals surface area contributed by atoms with E-state index in [0.717, 1.165) is 44.9 Å². The van der Waals surface area contributed by atoms with Crippen molar-refractivity contribution in [3.63, 3.8) is 0 Å². The van der Waals surface area contributed by atoms with Crippen molar-refractivity contribution in [2.24, 2.45) is 10.8 Å². The minimum atomic E-state index is -0.569. The van der Waals surface area contributed by atoms with Crippen LogP contribution in [0.2, 0.25) is 0 Å². The number of allylic oxidation sites excluding steroid dienone is 1. The SMILES string of the molecule is CC(C)(C)C(=O)OCCOC(=O)C=CCCCCCCCCC(=O)OCCOC(=O)C(C)(C)C. The number of esters is 4. The summed E-state index contributed by atoms with van der Waals surface area (Å²) in [6, 6.07) is 0. The molecule has 8 nitrogen and oxygen atoms in total. The molecule has 34 heavy (non-hydrogen) atoms. The van der Waals surface area contributed by atoms with Crippen molar-refractivity contribution in [2.45, 2.75) is 92.9 Å². The van der Waals surface area contributed by atoms with Gasteiger partial charge in [0.25, 0.3) is 0 Å². The van der Waals surface area contributed by atoms with Gasteiger partial charge < -0.3 is 18.9 Å². The first-order valence-electron chi connectivity index (χ1n) is 12.2. The Hall–Kier alpha value is -2.38. The second kappa shape index (κ2) is 17.1. The van der Waals surface area contributed by atoms with E-state index in [1.54, 1.807) is 47.6 Å². The highest BCUT2D eigenvalue weighted by Crippen LogP contribution is 2.15. The Balaban J connectivity index is 3.55. The molecule has 0 bridgehead atoms. The molecule has 0 aliphatic heterocycles. The zero-order valence-electron chi connectivity index (χ0n) is 21.9. The zero-order chi connectivity index (χ0) is 26.0. The fraction of sp³-hybridized carbons (Fsp3) is 0.769. The lowest BCUT2D eigenvalue weighted by Gasteiger charge is -2.16. The Morgan fingerprint density at radius 2 is 1.03 bits per heavy atom. The fourth-order valence-electron chi connectivity index (χ4n) is 2.54. The van der Waals surface area contributed by atoms with Crippen molar-refractivity contribution in [1.82, 2.24) is 0 Å². The molecule has 0 aromatic rings. The molecule has 0 aromatic carbocycles. The van der Waals surface area contributed by atoms with Gasteiger partial charge in [0.2, 0.25) is 0 Å². The first-order chi connectivity index (χ1) is 15.8. The average molecular weight is 485 g/mol. The van der Waals surface area contributed by atoms with E-state index in [2.05, 4.69) is 0 Å². The fourth-order valence-corrected chi connectivity index (χ4v) is 2.54. The van der Waals surface area contributed by atoms with Crippen LogP contribution in [0.4, 0.5) is 0 Å². The molecule has 0 radical (unpaired) electrons. The van der Waals surface area contributed by atoms with Crippen molar-refractivity contribution in [2.75, 3.05) is 26.4 Å². The predicted molar refractivity (Wildman–Crippen MR) is 129 cm³/mol. The molecule has 0 aliphatic rings. The Kier molecular flexibility index (Phi) is 15.9. The van der Waals surface area contributed by atoms with Gasteiger partial charge in [0.1, 0.15) is 26.4 Å². The molecule has 0 spiro atoms. The smallest absolute Gasteiger partial charge is 0.330 e. The Morgan fingerprint density at radius 3 is 1.56 bits per heavy atom. The summed E-state index contributed by atoms with van der Waals surface area (Å²) < 4.78 is 20.1. The molecule has 0 unspecified atom stereocenters. The minimum absolute atomic E-state index is 0.0448. The van der Waals surface area contributed by atoms with Crippen molar-refractivity contribution in [3.05, 3.63) is 12.2 Å². The zero-order valence-corrected chi connectivity index (χ0v) is 21.9. The summed E-state index contributed by atoms with van der Waals surface area (Å²) in [6.45, 7) is 10.9. The van der Waals surface area contributed by atoms with Crippen LogP contribution in [0.25, 0.3) is 0 Å². The predicted octanol–water partition coefficient (Wildman–Crippen LogP) is 4.93. The molecule has 0 amide bonds.